The van der Waals surface area contributed by atoms with E-state index in [9.17, 15) is 0 Å². The van der Waals surface area contributed by atoms with Crippen molar-refractivity contribution in [2.24, 2.45) is 0 Å². The number of piperazine rings is 1. The first-order chi connectivity index (χ1) is 9.37. The van der Waals surface area contributed by atoms with E-state index >= 15 is 0 Å². The van der Waals surface area contributed by atoms with Crippen LogP contribution >= 0.6 is 0 Å². The fourth-order valence-electron chi connectivity index (χ4n) is 2.62. The summed E-state index contributed by atoms with van der Waals surface area (Å²) in [6, 6.07) is 2.69. The van der Waals surface area contributed by atoms with E-state index in [0.717, 1.165) is 38.5 Å². The predicted molar refractivity (Wildman–Crippen MR) is 82.7 cm³/mol. The highest BCUT2D eigenvalue weighted by atomic mass is 16.3. The van der Waals surface area contributed by atoms with Gasteiger partial charge in [-0.15, -0.1) is 0 Å². The van der Waals surface area contributed by atoms with Crippen LogP contribution in [0.1, 0.15) is 39.0 Å². The van der Waals surface area contributed by atoms with Crippen LogP contribution in [0.3, 0.4) is 0 Å². The molecule has 0 spiro atoms. The van der Waals surface area contributed by atoms with Gasteiger partial charge in [-0.2, -0.15) is 0 Å². The van der Waals surface area contributed by atoms with Crippen molar-refractivity contribution in [3.63, 3.8) is 0 Å². The third-order valence-electron chi connectivity index (χ3n) is 4.20. The van der Waals surface area contributed by atoms with Crippen molar-refractivity contribution in [2.45, 2.75) is 52.4 Å². The molecule has 2 rings (SSSR count). The molecule has 1 aliphatic rings. The fraction of sp³-hybridized carbons (Fsp3) is 0.750. The Morgan fingerprint density at radius 2 is 2.10 bits per heavy atom. The van der Waals surface area contributed by atoms with Gasteiger partial charge in [0, 0.05) is 43.3 Å². The van der Waals surface area contributed by atoms with E-state index in [-0.39, 0.29) is 5.54 Å². The third kappa shape index (κ3) is 4.08. The van der Waals surface area contributed by atoms with Gasteiger partial charge in [0.05, 0.1) is 12.8 Å². The molecule has 2 heterocycles. The SMILES string of the molecule is CC(C)NCc1coc(CN2CCN(C)C(C)(C)C2)c1. The topological polar surface area (TPSA) is 31.7 Å². The summed E-state index contributed by atoms with van der Waals surface area (Å²) in [6.07, 6.45) is 1.88. The minimum absolute atomic E-state index is 0.243. The maximum absolute atomic E-state index is 5.70. The number of nitrogens with zero attached hydrogens (tertiary/aromatic N) is 2. The molecular formula is C16H29N3O. The van der Waals surface area contributed by atoms with E-state index in [1.165, 1.54) is 5.56 Å². The van der Waals surface area contributed by atoms with Crippen LogP contribution in [0.5, 0.6) is 0 Å². The molecule has 0 aliphatic carbocycles. The summed E-state index contributed by atoms with van der Waals surface area (Å²) in [5.41, 5.74) is 1.48. The van der Waals surface area contributed by atoms with Crippen molar-refractivity contribution in [2.75, 3.05) is 26.7 Å². The quantitative estimate of drug-likeness (QED) is 0.896. The summed E-state index contributed by atoms with van der Waals surface area (Å²) in [6.45, 7) is 14.0. The second-order valence-corrected chi connectivity index (χ2v) is 6.90. The van der Waals surface area contributed by atoms with Crippen molar-refractivity contribution >= 4 is 0 Å². The zero-order valence-electron chi connectivity index (χ0n) is 13.6. The van der Waals surface area contributed by atoms with Crippen LogP contribution in [-0.2, 0) is 13.1 Å². The Kier molecular flexibility index (Phi) is 4.89. The van der Waals surface area contributed by atoms with Crippen LogP contribution in [0.2, 0.25) is 0 Å². The van der Waals surface area contributed by atoms with Crippen LogP contribution < -0.4 is 5.32 Å². The van der Waals surface area contributed by atoms with Crippen molar-refractivity contribution in [1.82, 2.24) is 15.1 Å². The fourth-order valence-corrected chi connectivity index (χ4v) is 2.62. The number of nitrogens with one attached hydrogen (secondary N) is 1. The van der Waals surface area contributed by atoms with Gasteiger partial charge in [-0.05, 0) is 27.0 Å². The number of rotatable bonds is 5. The second kappa shape index (κ2) is 6.29. The molecule has 20 heavy (non-hydrogen) atoms. The minimum Gasteiger partial charge on any atom is -0.468 e. The van der Waals surface area contributed by atoms with E-state index < -0.39 is 0 Å². The van der Waals surface area contributed by atoms with Gasteiger partial charge in [0.2, 0.25) is 0 Å². The molecule has 0 saturated carbocycles. The molecular weight excluding hydrogens is 250 g/mol. The second-order valence-electron chi connectivity index (χ2n) is 6.90. The summed E-state index contributed by atoms with van der Waals surface area (Å²) >= 11 is 0. The Labute approximate surface area is 123 Å². The average molecular weight is 279 g/mol. The lowest BCUT2D eigenvalue weighted by molar-refractivity contribution is 0.0328. The molecule has 4 heteroatoms. The lowest BCUT2D eigenvalue weighted by atomic mass is 10.00. The minimum atomic E-state index is 0.243. The molecule has 1 aromatic heterocycles. The van der Waals surface area contributed by atoms with Crippen LogP contribution in [0.25, 0.3) is 0 Å². The smallest absolute Gasteiger partial charge is 0.118 e. The van der Waals surface area contributed by atoms with Gasteiger partial charge in [0.1, 0.15) is 5.76 Å². The van der Waals surface area contributed by atoms with Crippen LogP contribution in [-0.4, -0.2) is 48.1 Å². The van der Waals surface area contributed by atoms with Crippen LogP contribution in [0.15, 0.2) is 16.7 Å². The summed E-state index contributed by atoms with van der Waals surface area (Å²) < 4.78 is 5.70. The standard InChI is InChI=1S/C16H29N3O/c1-13(2)17-9-14-8-15(20-11-14)10-19-7-6-18(5)16(3,4)12-19/h8,11,13,17H,6-7,9-10,12H2,1-5H3. The first-order valence-corrected chi connectivity index (χ1v) is 7.60. The molecule has 0 unspecified atom stereocenters. The normalized spacial score (nSPS) is 20.7. The largest absolute Gasteiger partial charge is 0.468 e. The Morgan fingerprint density at radius 1 is 1.35 bits per heavy atom. The summed E-state index contributed by atoms with van der Waals surface area (Å²) in [5, 5.41) is 3.42. The summed E-state index contributed by atoms with van der Waals surface area (Å²) in [5.74, 6) is 1.07. The molecule has 0 bridgehead atoms. The highest BCUT2D eigenvalue weighted by Gasteiger charge is 2.31. The van der Waals surface area contributed by atoms with Gasteiger partial charge < -0.3 is 9.73 Å². The average Bonchev–Trinajstić information content (AvgIpc) is 2.79. The van der Waals surface area contributed by atoms with Crippen molar-refractivity contribution in [1.29, 1.82) is 0 Å². The zero-order chi connectivity index (χ0) is 14.8. The predicted octanol–water partition coefficient (Wildman–Crippen LogP) is 2.30. The molecule has 1 aliphatic heterocycles. The van der Waals surface area contributed by atoms with Gasteiger partial charge in [0.25, 0.3) is 0 Å². The van der Waals surface area contributed by atoms with Crippen molar-refractivity contribution in [3.8, 4) is 0 Å². The van der Waals surface area contributed by atoms with Gasteiger partial charge in [0.15, 0.2) is 0 Å². The zero-order valence-corrected chi connectivity index (χ0v) is 13.6. The molecule has 1 aromatic rings. The molecule has 0 atom stereocenters. The van der Waals surface area contributed by atoms with E-state index in [1.54, 1.807) is 0 Å². The lowest BCUT2D eigenvalue weighted by Crippen LogP contribution is -2.57. The Hall–Kier alpha value is -0.840. The maximum Gasteiger partial charge on any atom is 0.118 e. The number of likely N-dealkylation sites (N-methyl/N-ethyl adjacent to an activating group) is 1. The van der Waals surface area contributed by atoms with Gasteiger partial charge in [-0.25, -0.2) is 0 Å². The lowest BCUT2D eigenvalue weighted by Gasteiger charge is -2.45. The van der Waals surface area contributed by atoms with Gasteiger partial charge in [-0.3, -0.25) is 9.80 Å². The molecule has 1 N–H and O–H groups in total. The first-order valence-electron chi connectivity index (χ1n) is 7.60. The number of furan rings is 1. The molecule has 114 valence electrons. The van der Waals surface area contributed by atoms with Crippen molar-refractivity contribution < 1.29 is 4.42 Å². The molecule has 1 saturated heterocycles. The van der Waals surface area contributed by atoms with Crippen LogP contribution in [0, 0.1) is 0 Å². The Bertz CT molecular complexity index is 425. The third-order valence-corrected chi connectivity index (χ3v) is 4.20. The molecule has 1 fully saturated rings. The van der Waals surface area contributed by atoms with Crippen LogP contribution in [0.4, 0.5) is 0 Å². The molecule has 0 aromatic carbocycles. The Balaban J connectivity index is 1.87. The number of hydrogen-bond donors (Lipinski definition) is 1. The van der Waals surface area contributed by atoms with E-state index in [2.05, 4.69) is 55.9 Å². The molecule has 4 nitrogen and oxygen atoms in total. The molecule has 0 radical (unpaired) electrons. The van der Waals surface area contributed by atoms with E-state index in [4.69, 9.17) is 4.42 Å². The number of hydrogen-bond acceptors (Lipinski definition) is 4. The summed E-state index contributed by atoms with van der Waals surface area (Å²) in [4.78, 5) is 4.92. The van der Waals surface area contributed by atoms with Crippen molar-refractivity contribution in [3.05, 3.63) is 23.7 Å². The van der Waals surface area contributed by atoms with E-state index in [0.29, 0.717) is 6.04 Å². The highest BCUT2D eigenvalue weighted by molar-refractivity contribution is 5.13. The van der Waals surface area contributed by atoms with Gasteiger partial charge in [-0.1, -0.05) is 13.8 Å². The monoisotopic (exact) mass is 279 g/mol. The highest BCUT2D eigenvalue weighted by Crippen LogP contribution is 2.21. The Morgan fingerprint density at radius 3 is 2.75 bits per heavy atom. The molecule has 0 amide bonds. The maximum atomic E-state index is 5.70. The summed E-state index contributed by atoms with van der Waals surface area (Å²) in [7, 11) is 2.21. The first kappa shape index (κ1) is 15.5. The van der Waals surface area contributed by atoms with E-state index in [1.807, 2.05) is 6.26 Å². The van der Waals surface area contributed by atoms with Gasteiger partial charge >= 0.3 is 0 Å².